The molecule has 0 aliphatic carbocycles. The van der Waals surface area contributed by atoms with Crippen LogP contribution in [-0.4, -0.2) is 25.4 Å². The van der Waals surface area contributed by atoms with Gasteiger partial charge in [0.2, 0.25) is 0 Å². The molecule has 30 heavy (non-hydrogen) atoms. The number of aryl methyl sites for hydroxylation is 2. The number of hydrogen-bond donors (Lipinski definition) is 2. The zero-order valence-electron chi connectivity index (χ0n) is 16.9. The van der Waals surface area contributed by atoms with Crippen molar-refractivity contribution in [3.8, 4) is 5.75 Å². The van der Waals surface area contributed by atoms with Gasteiger partial charge in [0.1, 0.15) is 11.6 Å². The Labute approximate surface area is 176 Å². The maximum Gasteiger partial charge on any atom is 0.265 e. The lowest BCUT2D eigenvalue weighted by atomic mass is 10.1. The van der Waals surface area contributed by atoms with Crippen LogP contribution in [0.4, 0.5) is 11.5 Å². The third kappa shape index (κ3) is 5.36. The molecule has 0 bridgehead atoms. The molecule has 3 rings (SSSR count). The van der Waals surface area contributed by atoms with Crippen LogP contribution in [0.5, 0.6) is 5.75 Å². The second kappa shape index (κ2) is 8.96. The molecule has 156 valence electrons. The maximum atomic E-state index is 12.5. The van der Waals surface area contributed by atoms with Gasteiger partial charge in [-0.25, -0.2) is 13.4 Å². The number of amides is 1. The Morgan fingerprint density at radius 2 is 1.77 bits per heavy atom. The number of anilines is 2. The van der Waals surface area contributed by atoms with E-state index in [1.165, 1.54) is 30.5 Å². The van der Waals surface area contributed by atoms with Crippen LogP contribution < -0.4 is 14.8 Å². The summed E-state index contributed by atoms with van der Waals surface area (Å²) in [4.78, 5) is 16.5. The Morgan fingerprint density at radius 1 is 1.03 bits per heavy atom. The van der Waals surface area contributed by atoms with E-state index < -0.39 is 16.1 Å². The Hall–Kier alpha value is -3.39. The van der Waals surface area contributed by atoms with E-state index in [-0.39, 0.29) is 16.6 Å². The molecule has 2 aromatic carbocycles. The molecule has 1 atom stereocenters. The van der Waals surface area contributed by atoms with Crippen LogP contribution in [0.25, 0.3) is 0 Å². The minimum Gasteiger partial charge on any atom is -0.481 e. The summed E-state index contributed by atoms with van der Waals surface area (Å²) in [6.45, 7) is 5.53. The highest BCUT2D eigenvalue weighted by molar-refractivity contribution is 7.92. The SMILES string of the molecule is Cc1ccc(C)c(OC(C)C(=O)Nc2ccc(S(=O)(=O)Nc3ccccn3)cc2)c1. The number of rotatable bonds is 7. The molecular formula is C22H23N3O4S. The molecule has 2 N–H and O–H groups in total. The fraction of sp³-hybridized carbons (Fsp3) is 0.182. The quantitative estimate of drug-likeness (QED) is 0.598. The Balaban J connectivity index is 1.64. The van der Waals surface area contributed by atoms with E-state index >= 15 is 0 Å². The van der Waals surface area contributed by atoms with Gasteiger partial charge in [-0.15, -0.1) is 0 Å². The number of nitrogens with zero attached hydrogens (tertiary/aromatic N) is 1. The standard InChI is InChI=1S/C22H23N3O4S/c1-15-7-8-16(2)20(14-15)29-17(3)22(26)24-18-9-11-19(12-10-18)30(27,28)25-21-6-4-5-13-23-21/h4-14,17H,1-3H3,(H,23,25)(H,24,26). The largest absolute Gasteiger partial charge is 0.481 e. The summed E-state index contributed by atoms with van der Waals surface area (Å²) in [5, 5.41) is 2.73. The lowest BCUT2D eigenvalue weighted by Gasteiger charge is -2.17. The van der Waals surface area contributed by atoms with Crippen LogP contribution in [0.2, 0.25) is 0 Å². The molecule has 0 saturated carbocycles. The monoisotopic (exact) mass is 425 g/mol. The average Bonchev–Trinajstić information content (AvgIpc) is 2.71. The minimum absolute atomic E-state index is 0.0610. The lowest BCUT2D eigenvalue weighted by molar-refractivity contribution is -0.122. The topological polar surface area (TPSA) is 97.4 Å². The van der Waals surface area contributed by atoms with Crippen molar-refractivity contribution >= 4 is 27.4 Å². The fourth-order valence-electron chi connectivity index (χ4n) is 2.66. The summed E-state index contributed by atoms with van der Waals surface area (Å²) in [5.41, 5.74) is 2.45. The number of carbonyl (C=O) groups is 1. The number of carbonyl (C=O) groups excluding carboxylic acids is 1. The minimum atomic E-state index is -3.77. The van der Waals surface area contributed by atoms with Crippen LogP contribution in [0.1, 0.15) is 18.1 Å². The van der Waals surface area contributed by atoms with Gasteiger partial charge in [0.25, 0.3) is 15.9 Å². The molecule has 0 aliphatic heterocycles. The molecular weight excluding hydrogens is 402 g/mol. The van der Waals surface area contributed by atoms with Crippen molar-refractivity contribution in [2.24, 2.45) is 0 Å². The summed E-state index contributed by atoms with van der Waals surface area (Å²) in [6.07, 6.45) is 0.776. The molecule has 7 nitrogen and oxygen atoms in total. The van der Waals surface area contributed by atoms with Crippen molar-refractivity contribution in [1.82, 2.24) is 4.98 Å². The van der Waals surface area contributed by atoms with Gasteiger partial charge >= 0.3 is 0 Å². The van der Waals surface area contributed by atoms with Gasteiger partial charge in [0.05, 0.1) is 4.90 Å². The summed E-state index contributed by atoms with van der Waals surface area (Å²) in [5.74, 6) is 0.546. The maximum absolute atomic E-state index is 12.5. The molecule has 1 unspecified atom stereocenters. The van der Waals surface area contributed by atoms with E-state index in [9.17, 15) is 13.2 Å². The van der Waals surface area contributed by atoms with Gasteiger partial charge in [0, 0.05) is 11.9 Å². The van der Waals surface area contributed by atoms with Gasteiger partial charge in [0.15, 0.2) is 6.10 Å². The number of nitrogens with one attached hydrogen (secondary N) is 2. The van der Waals surface area contributed by atoms with Crippen LogP contribution in [0.3, 0.4) is 0 Å². The van der Waals surface area contributed by atoms with Gasteiger partial charge in [-0.05, 0) is 74.4 Å². The number of aromatic nitrogens is 1. The molecule has 8 heteroatoms. The van der Waals surface area contributed by atoms with Crippen LogP contribution in [0.15, 0.2) is 71.8 Å². The van der Waals surface area contributed by atoms with E-state index in [2.05, 4.69) is 15.0 Å². The van der Waals surface area contributed by atoms with Crippen molar-refractivity contribution in [3.05, 3.63) is 78.0 Å². The number of ether oxygens (including phenoxy) is 1. The van der Waals surface area contributed by atoms with Crippen LogP contribution >= 0.6 is 0 Å². The number of pyridine rings is 1. The number of sulfonamides is 1. The van der Waals surface area contributed by atoms with Crippen molar-refractivity contribution in [2.75, 3.05) is 10.0 Å². The van der Waals surface area contributed by atoms with Crippen molar-refractivity contribution < 1.29 is 17.9 Å². The van der Waals surface area contributed by atoms with E-state index in [1.54, 1.807) is 25.1 Å². The summed E-state index contributed by atoms with van der Waals surface area (Å²) >= 11 is 0. The highest BCUT2D eigenvalue weighted by atomic mass is 32.2. The molecule has 0 fully saturated rings. The third-order valence-electron chi connectivity index (χ3n) is 4.35. The lowest BCUT2D eigenvalue weighted by Crippen LogP contribution is -2.30. The molecule has 0 radical (unpaired) electrons. The Kier molecular flexibility index (Phi) is 6.37. The number of hydrogen-bond acceptors (Lipinski definition) is 5. The Morgan fingerprint density at radius 3 is 2.43 bits per heavy atom. The van der Waals surface area contributed by atoms with E-state index in [1.807, 2.05) is 32.0 Å². The fourth-order valence-corrected chi connectivity index (χ4v) is 3.67. The average molecular weight is 426 g/mol. The predicted molar refractivity (Wildman–Crippen MR) is 116 cm³/mol. The zero-order valence-corrected chi connectivity index (χ0v) is 17.7. The number of benzene rings is 2. The first-order valence-corrected chi connectivity index (χ1v) is 10.8. The molecule has 1 amide bonds. The third-order valence-corrected chi connectivity index (χ3v) is 5.72. The summed E-state index contributed by atoms with van der Waals surface area (Å²) in [7, 11) is -3.77. The van der Waals surface area contributed by atoms with Crippen molar-refractivity contribution in [1.29, 1.82) is 0 Å². The molecule has 1 heterocycles. The van der Waals surface area contributed by atoms with Crippen molar-refractivity contribution in [3.63, 3.8) is 0 Å². The first kappa shape index (κ1) is 21.3. The van der Waals surface area contributed by atoms with Gasteiger partial charge in [-0.2, -0.15) is 0 Å². The van der Waals surface area contributed by atoms with E-state index in [0.29, 0.717) is 11.4 Å². The van der Waals surface area contributed by atoms with Crippen LogP contribution in [-0.2, 0) is 14.8 Å². The van der Waals surface area contributed by atoms with Gasteiger partial charge in [-0.1, -0.05) is 18.2 Å². The zero-order chi connectivity index (χ0) is 21.7. The molecule has 0 saturated heterocycles. The molecule has 3 aromatic rings. The van der Waals surface area contributed by atoms with Crippen molar-refractivity contribution in [2.45, 2.75) is 31.8 Å². The normalized spacial score (nSPS) is 12.1. The smallest absolute Gasteiger partial charge is 0.265 e. The van der Waals surface area contributed by atoms with E-state index in [4.69, 9.17) is 4.74 Å². The first-order chi connectivity index (χ1) is 14.2. The second-order valence-electron chi connectivity index (χ2n) is 6.86. The Bertz CT molecular complexity index is 1130. The molecule has 0 spiro atoms. The second-order valence-corrected chi connectivity index (χ2v) is 8.55. The summed E-state index contributed by atoms with van der Waals surface area (Å²) < 4.78 is 33.1. The predicted octanol–water partition coefficient (Wildman–Crippen LogP) is 3.91. The van der Waals surface area contributed by atoms with E-state index in [0.717, 1.165) is 11.1 Å². The molecule has 1 aromatic heterocycles. The van der Waals surface area contributed by atoms with Gasteiger partial charge in [-0.3, -0.25) is 9.52 Å². The van der Waals surface area contributed by atoms with Crippen LogP contribution in [0, 0.1) is 13.8 Å². The summed E-state index contributed by atoms with van der Waals surface area (Å²) in [6, 6.07) is 16.6. The highest BCUT2D eigenvalue weighted by Crippen LogP contribution is 2.21. The molecule has 0 aliphatic rings. The van der Waals surface area contributed by atoms with Gasteiger partial charge < -0.3 is 10.1 Å². The first-order valence-electron chi connectivity index (χ1n) is 9.33. The highest BCUT2D eigenvalue weighted by Gasteiger charge is 2.18.